The minimum absolute atomic E-state index is 0.0226. The van der Waals surface area contributed by atoms with E-state index in [1.807, 2.05) is 0 Å². The van der Waals surface area contributed by atoms with Gasteiger partial charge in [-0.15, -0.1) is 24.8 Å². The lowest BCUT2D eigenvalue weighted by molar-refractivity contribution is -1.02. The van der Waals surface area contributed by atoms with E-state index in [2.05, 4.69) is 4.98 Å². The summed E-state index contributed by atoms with van der Waals surface area (Å²) in [6, 6.07) is 12.6. The monoisotopic (exact) mass is 542 g/mol. The van der Waals surface area contributed by atoms with Crippen molar-refractivity contribution in [1.82, 2.24) is 9.88 Å². The number of aromatic amines is 1. The van der Waals surface area contributed by atoms with Crippen LogP contribution in [0.5, 0.6) is 0 Å². The fourth-order valence-electron chi connectivity index (χ4n) is 5.90. The Labute approximate surface area is 213 Å². The van der Waals surface area contributed by atoms with Gasteiger partial charge < -0.3 is 9.88 Å². The molecule has 1 N–H and O–H groups in total. The second kappa shape index (κ2) is 8.80. The molecular weight excluding hydrogens is 520 g/mol. The van der Waals surface area contributed by atoms with E-state index < -0.39 is 59.8 Å². The summed E-state index contributed by atoms with van der Waals surface area (Å²) < 4.78 is 88.6. The first-order valence-corrected chi connectivity index (χ1v) is 12.2. The number of hydrogen-bond donors (Lipinski definition) is 1. The van der Waals surface area contributed by atoms with Gasteiger partial charge in [0.05, 0.1) is 12.4 Å². The van der Waals surface area contributed by atoms with E-state index in [0.717, 1.165) is 0 Å². The molecule has 2 aliphatic rings. The van der Waals surface area contributed by atoms with Gasteiger partial charge in [-0.2, -0.15) is 17.7 Å². The smallest absolute Gasteiger partial charge is 0.361 e. The standard InChI is InChI=1S/C26H23ClF6N3O/c27-13-19-10-11-20-15-35(23(37)17-6-2-1-3-7-17)24(25(28,29)30,16-36(19,20)26(31,32)33)12-18-14-34-22-9-5-4-8-21(18)22/h1-10,14,20,34H,11-13,15-16H2/q+1/t20-,24-,36?/m1/s1. The molecule has 0 saturated carbocycles. The number of para-hydroxylation sites is 1. The number of allylic oxidation sites excluding steroid dienone is 1. The molecule has 5 rings (SSSR count). The zero-order valence-electron chi connectivity index (χ0n) is 19.4. The number of carbonyl (C=O) groups excluding carboxylic acids is 1. The Morgan fingerprint density at radius 2 is 1.73 bits per heavy atom. The summed E-state index contributed by atoms with van der Waals surface area (Å²) >= 11 is 5.90. The van der Waals surface area contributed by atoms with Crippen molar-refractivity contribution >= 4 is 28.4 Å². The molecule has 0 bridgehead atoms. The van der Waals surface area contributed by atoms with E-state index in [-0.39, 0.29) is 23.2 Å². The van der Waals surface area contributed by atoms with Crippen molar-refractivity contribution in [2.24, 2.45) is 0 Å². The first-order chi connectivity index (χ1) is 17.4. The van der Waals surface area contributed by atoms with E-state index in [0.29, 0.717) is 15.8 Å². The van der Waals surface area contributed by atoms with Gasteiger partial charge in [-0.05, 0) is 29.8 Å². The lowest BCUT2D eigenvalue weighted by Crippen LogP contribution is -2.80. The fourth-order valence-corrected chi connectivity index (χ4v) is 6.22. The van der Waals surface area contributed by atoms with Gasteiger partial charge in [0.2, 0.25) is 0 Å². The van der Waals surface area contributed by atoms with Crippen LogP contribution < -0.4 is 0 Å². The van der Waals surface area contributed by atoms with Crippen molar-refractivity contribution in [3.63, 3.8) is 0 Å². The molecule has 3 atom stereocenters. The molecule has 1 amide bonds. The van der Waals surface area contributed by atoms with Gasteiger partial charge in [-0.25, -0.2) is 0 Å². The van der Waals surface area contributed by atoms with Crippen LogP contribution in [-0.2, 0) is 6.42 Å². The Hall–Kier alpha value is -2.98. The minimum Gasteiger partial charge on any atom is -0.361 e. The fraction of sp³-hybridized carbons (Fsp3) is 0.346. The molecule has 11 heteroatoms. The van der Waals surface area contributed by atoms with Crippen molar-refractivity contribution in [3.05, 3.63) is 83.7 Å². The number of H-pyrrole nitrogens is 1. The summed E-state index contributed by atoms with van der Waals surface area (Å²) in [6.07, 6.45) is -8.60. The third kappa shape index (κ3) is 3.84. The number of fused-ring (bicyclic) bond motifs is 2. The van der Waals surface area contributed by atoms with Gasteiger partial charge >= 0.3 is 12.5 Å². The number of benzene rings is 2. The highest BCUT2D eigenvalue weighted by molar-refractivity contribution is 6.19. The Kier molecular flexibility index (Phi) is 6.10. The number of carbonyl (C=O) groups is 1. The number of quaternary nitrogens is 1. The number of amides is 1. The van der Waals surface area contributed by atoms with E-state index in [1.165, 1.54) is 36.5 Å². The highest BCUT2D eigenvalue weighted by Gasteiger charge is 2.76. The molecule has 4 nitrogen and oxygen atoms in total. The maximum Gasteiger partial charge on any atom is 0.566 e. The normalized spacial score (nSPS) is 26.3. The number of rotatable bonds is 4. The largest absolute Gasteiger partial charge is 0.566 e. The van der Waals surface area contributed by atoms with E-state index >= 15 is 13.2 Å². The third-order valence-corrected chi connectivity index (χ3v) is 8.00. The van der Waals surface area contributed by atoms with Crippen LogP contribution in [0.3, 0.4) is 0 Å². The number of halogens is 7. The Balaban J connectivity index is 1.74. The van der Waals surface area contributed by atoms with Gasteiger partial charge in [0.15, 0.2) is 5.54 Å². The minimum atomic E-state index is -5.20. The third-order valence-electron chi connectivity index (χ3n) is 7.72. The zero-order valence-corrected chi connectivity index (χ0v) is 20.2. The molecule has 196 valence electrons. The maximum absolute atomic E-state index is 15.3. The summed E-state index contributed by atoms with van der Waals surface area (Å²) in [5.74, 6) is -1.53. The van der Waals surface area contributed by atoms with Crippen molar-refractivity contribution in [3.8, 4) is 0 Å². The Morgan fingerprint density at radius 1 is 1.05 bits per heavy atom. The average molecular weight is 543 g/mol. The number of aromatic nitrogens is 1. The van der Waals surface area contributed by atoms with Gasteiger partial charge in [0, 0.05) is 35.5 Å². The first kappa shape index (κ1) is 25.7. The lowest BCUT2D eigenvalue weighted by Gasteiger charge is -2.56. The van der Waals surface area contributed by atoms with Crippen LogP contribution in [0, 0.1) is 0 Å². The molecule has 3 heterocycles. The summed E-state index contributed by atoms with van der Waals surface area (Å²) in [6.45, 7) is -2.15. The molecule has 2 aliphatic heterocycles. The second-order valence-corrected chi connectivity index (χ2v) is 9.83. The molecule has 1 aromatic heterocycles. The van der Waals surface area contributed by atoms with Crippen LogP contribution >= 0.6 is 11.6 Å². The highest BCUT2D eigenvalue weighted by Crippen LogP contribution is 2.54. The summed E-state index contributed by atoms with van der Waals surface area (Å²) in [5.41, 5.74) is -2.78. The van der Waals surface area contributed by atoms with Crippen LogP contribution in [0.25, 0.3) is 10.9 Å². The van der Waals surface area contributed by atoms with Crippen LogP contribution in [0.1, 0.15) is 22.3 Å². The molecule has 1 fully saturated rings. The highest BCUT2D eigenvalue weighted by atomic mass is 35.5. The predicted molar refractivity (Wildman–Crippen MR) is 127 cm³/mol. The molecule has 37 heavy (non-hydrogen) atoms. The molecule has 0 aliphatic carbocycles. The van der Waals surface area contributed by atoms with Gasteiger partial charge in [-0.3, -0.25) is 4.79 Å². The van der Waals surface area contributed by atoms with Crippen molar-refractivity contribution in [1.29, 1.82) is 0 Å². The predicted octanol–water partition coefficient (Wildman–Crippen LogP) is 6.40. The topological polar surface area (TPSA) is 36.1 Å². The van der Waals surface area contributed by atoms with Gasteiger partial charge in [0.25, 0.3) is 5.91 Å². The van der Waals surface area contributed by atoms with E-state index in [4.69, 9.17) is 11.6 Å². The molecule has 3 aromatic rings. The summed E-state index contributed by atoms with van der Waals surface area (Å²) in [7, 11) is 0. The number of hydrogen-bond acceptors (Lipinski definition) is 1. The van der Waals surface area contributed by atoms with Gasteiger partial charge in [0.1, 0.15) is 18.3 Å². The van der Waals surface area contributed by atoms with E-state index in [9.17, 15) is 18.0 Å². The maximum atomic E-state index is 15.3. The number of nitrogens with one attached hydrogen (secondary N) is 1. The molecule has 2 aromatic carbocycles. The summed E-state index contributed by atoms with van der Waals surface area (Å²) in [4.78, 5) is 17.2. The van der Waals surface area contributed by atoms with Gasteiger partial charge in [-0.1, -0.05) is 36.4 Å². The zero-order chi connectivity index (χ0) is 26.6. The molecule has 0 radical (unpaired) electrons. The number of nitrogens with zero attached hydrogens (tertiary/aromatic N) is 2. The van der Waals surface area contributed by atoms with E-state index in [1.54, 1.807) is 30.3 Å². The SMILES string of the molecule is O=C(c1ccccc1)N1C[C@H]2CC=C(CCl)[N+]2(C(F)(F)F)C[C@]1(Cc1c[nH]c2ccccc12)C(F)(F)F. The average Bonchev–Trinajstić information content (AvgIpc) is 3.44. The second-order valence-electron chi connectivity index (χ2n) is 9.56. The van der Waals surface area contributed by atoms with Crippen LogP contribution in [0.2, 0.25) is 0 Å². The van der Waals surface area contributed by atoms with Crippen molar-refractivity contribution in [2.75, 3.05) is 19.0 Å². The molecule has 1 saturated heterocycles. The lowest BCUT2D eigenvalue weighted by atomic mass is 9.82. The van der Waals surface area contributed by atoms with Crippen LogP contribution in [0.15, 0.2) is 72.6 Å². The quantitative estimate of drug-likeness (QED) is 0.176. The Bertz CT molecular complexity index is 1350. The van der Waals surface area contributed by atoms with Crippen LogP contribution in [-0.4, -0.2) is 63.3 Å². The summed E-state index contributed by atoms with van der Waals surface area (Å²) in [5, 5.41) is 0.452. The molecule has 0 spiro atoms. The molecule has 1 unspecified atom stereocenters. The molecular formula is C26H23ClF6N3O+. The number of piperazine rings is 1. The van der Waals surface area contributed by atoms with Crippen molar-refractivity contribution in [2.45, 2.75) is 36.9 Å². The first-order valence-electron chi connectivity index (χ1n) is 11.6. The van der Waals surface area contributed by atoms with Crippen LogP contribution in [0.4, 0.5) is 26.3 Å². The number of alkyl halides is 7. The van der Waals surface area contributed by atoms with Crippen molar-refractivity contribution < 1.29 is 35.6 Å². The Morgan fingerprint density at radius 3 is 2.38 bits per heavy atom.